The molecule has 3 aromatic rings. The molecule has 1 N–H and O–H groups in total. The van der Waals surface area contributed by atoms with Gasteiger partial charge in [-0.3, -0.25) is 4.79 Å². The highest BCUT2D eigenvalue weighted by Gasteiger charge is 2.14. The first kappa shape index (κ1) is 16.9. The number of ether oxygens (including phenoxy) is 2. The molecule has 0 saturated carbocycles. The number of carbonyl (C=O) groups excluding carboxylic acids is 1. The highest BCUT2D eigenvalue weighted by molar-refractivity contribution is 7.13. The Bertz CT molecular complexity index is 957. The number of fused-ring (bicyclic) bond motifs is 1. The zero-order valence-electron chi connectivity index (χ0n) is 13.7. The van der Waals surface area contributed by atoms with Gasteiger partial charge in [0, 0.05) is 22.7 Å². The maximum Gasteiger partial charge on any atom is 0.230 e. The van der Waals surface area contributed by atoms with Crippen LogP contribution in [0, 0.1) is 0 Å². The van der Waals surface area contributed by atoms with E-state index in [2.05, 4.69) is 10.3 Å². The molecule has 0 aliphatic carbocycles. The maximum atomic E-state index is 12.3. The molecule has 7 heteroatoms. The van der Waals surface area contributed by atoms with Crippen molar-refractivity contribution in [2.24, 2.45) is 0 Å². The summed E-state index contributed by atoms with van der Waals surface area (Å²) in [6, 6.07) is 12.9. The number of hydrogen-bond acceptors (Lipinski definition) is 5. The lowest BCUT2D eigenvalue weighted by molar-refractivity contribution is -0.115. The van der Waals surface area contributed by atoms with Crippen molar-refractivity contribution < 1.29 is 14.3 Å². The molecule has 1 aliphatic heterocycles. The van der Waals surface area contributed by atoms with E-state index in [1.165, 1.54) is 11.3 Å². The van der Waals surface area contributed by atoms with Gasteiger partial charge in [0.15, 0.2) is 11.5 Å². The minimum atomic E-state index is -0.141. The van der Waals surface area contributed by atoms with Crippen LogP contribution in [-0.2, 0) is 11.2 Å². The van der Waals surface area contributed by atoms with Crippen LogP contribution >= 0.6 is 22.9 Å². The summed E-state index contributed by atoms with van der Waals surface area (Å²) in [6.07, 6.45) is 0.190. The molecule has 0 spiro atoms. The van der Waals surface area contributed by atoms with Crippen LogP contribution in [0.3, 0.4) is 0 Å². The second-order valence-corrected chi connectivity index (χ2v) is 6.97. The summed E-state index contributed by atoms with van der Waals surface area (Å²) in [5.74, 6) is 1.19. The first-order valence-electron chi connectivity index (χ1n) is 8.08. The van der Waals surface area contributed by atoms with Crippen LogP contribution in [0.15, 0.2) is 47.8 Å². The van der Waals surface area contributed by atoms with Crippen molar-refractivity contribution in [2.45, 2.75) is 6.42 Å². The van der Waals surface area contributed by atoms with E-state index < -0.39 is 0 Å². The van der Waals surface area contributed by atoms with Crippen LogP contribution < -0.4 is 14.8 Å². The normalized spacial score (nSPS) is 12.7. The first-order valence-corrected chi connectivity index (χ1v) is 9.33. The van der Waals surface area contributed by atoms with E-state index in [1.807, 2.05) is 29.6 Å². The fourth-order valence-electron chi connectivity index (χ4n) is 2.64. The van der Waals surface area contributed by atoms with Crippen molar-refractivity contribution in [3.63, 3.8) is 0 Å². The molecular weight excluding hydrogens is 372 g/mol. The summed E-state index contributed by atoms with van der Waals surface area (Å²) in [5.41, 5.74) is 2.25. The molecule has 5 nitrogen and oxygen atoms in total. The van der Waals surface area contributed by atoms with Crippen LogP contribution in [0.5, 0.6) is 11.5 Å². The number of nitrogens with zero attached hydrogens (tertiary/aromatic N) is 1. The predicted octanol–water partition coefficient (Wildman–Crippen LogP) is 4.42. The maximum absolute atomic E-state index is 12.3. The molecule has 0 bridgehead atoms. The van der Waals surface area contributed by atoms with Gasteiger partial charge in [0.25, 0.3) is 0 Å². The van der Waals surface area contributed by atoms with Gasteiger partial charge in [0.2, 0.25) is 5.91 Å². The lowest BCUT2D eigenvalue weighted by Gasteiger charge is -2.18. The van der Waals surface area contributed by atoms with E-state index in [9.17, 15) is 4.79 Å². The Hall–Kier alpha value is -2.57. The third-order valence-electron chi connectivity index (χ3n) is 3.82. The Labute approximate surface area is 159 Å². The van der Waals surface area contributed by atoms with Gasteiger partial charge in [0.05, 0.1) is 17.1 Å². The van der Waals surface area contributed by atoms with Gasteiger partial charge in [0.1, 0.15) is 18.2 Å². The van der Waals surface area contributed by atoms with Gasteiger partial charge in [-0.2, -0.15) is 0 Å². The molecule has 132 valence electrons. The third kappa shape index (κ3) is 3.66. The highest BCUT2D eigenvalue weighted by Crippen LogP contribution is 2.33. The van der Waals surface area contributed by atoms with E-state index in [4.69, 9.17) is 21.1 Å². The van der Waals surface area contributed by atoms with E-state index in [-0.39, 0.29) is 12.3 Å². The number of benzene rings is 2. The minimum Gasteiger partial charge on any atom is -0.486 e. The average molecular weight is 387 g/mol. The number of hydrogen-bond donors (Lipinski definition) is 1. The summed E-state index contributed by atoms with van der Waals surface area (Å²) in [7, 11) is 0. The van der Waals surface area contributed by atoms with E-state index in [0.29, 0.717) is 41.1 Å². The van der Waals surface area contributed by atoms with Crippen molar-refractivity contribution in [3.8, 4) is 22.1 Å². The Morgan fingerprint density at radius 1 is 1.15 bits per heavy atom. The number of aromatic nitrogens is 1. The molecule has 2 aromatic carbocycles. The van der Waals surface area contributed by atoms with Gasteiger partial charge in [-0.25, -0.2) is 4.98 Å². The largest absolute Gasteiger partial charge is 0.486 e. The number of halogens is 1. The minimum absolute atomic E-state index is 0.141. The van der Waals surface area contributed by atoms with Crippen molar-refractivity contribution >= 4 is 34.5 Å². The van der Waals surface area contributed by atoms with Gasteiger partial charge >= 0.3 is 0 Å². The van der Waals surface area contributed by atoms with Crippen molar-refractivity contribution in [2.75, 3.05) is 18.5 Å². The Balaban J connectivity index is 1.43. The molecule has 0 atom stereocenters. The number of carbonyl (C=O) groups is 1. The molecule has 2 heterocycles. The Morgan fingerprint density at radius 3 is 2.81 bits per heavy atom. The third-order valence-corrected chi connectivity index (χ3v) is 5.08. The molecule has 0 unspecified atom stereocenters. The number of nitrogens with one attached hydrogen (secondary N) is 1. The summed E-state index contributed by atoms with van der Waals surface area (Å²) >= 11 is 7.68. The molecule has 1 aliphatic rings. The van der Waals surface area contributed by atoms with Gasteiger partial charge in [-0.1, -0.05) is 29.8 Å². The highest BCUT2D eigenvalue weighted by atomic mass is 35.5. The molecule has 0 radical (unpaired) electrons. The predicted molar refractivity (Wildman–Crippen MR) is 102 cm³/mol. The zero-order valence-corrected chi connectivity index (χ0v) is 15.3. The van der Waals surface area contributed by atoms with Crippen LogP contribution in [0.2, 0.25) is 5.02 Å². The second kappa shape index (κ2) is 7.35. The van der Waals surface area contributed by atoms with Crippen molar-refractivity contribution in [1.29, 1.82) is 0 Å². The zero-order chi connectivity index (χ0) is 17.9. The van der Waals surface area contributed by atoms with Crippen LogP contribution in [0.4, 0.5) is 5.69 Å². The number of anilines is 1. The molecule has 0 saturated heterocycles. The summed E-state index contributed by atoms with van der Waals surface area (Å²) in [6.45, 7) is 1.05. The van der Waals surface area contributed by atoms with E-state index >= 15 is 0 Å². The molecule has 0 fully saturated rings. The Morgan fingerprint density at radius 2 is 1.96 bits per heavy atom. The first-order chi connectivity index (χ1) is 12.7. The molecule has 26 heavy (non-hydrogen) atoms. The second-order valence-electron chi connectivity index (χ2n) is 5.71. The summed E-state index contributed by atoms with van der Waals surface area (Å²) in [5, 5.41) is 6.19. The van der Waals surface area contributed by atoms with Crippen molar-refractivity contribution in [3.05, 3.63) is 58.6 Å². The summed E-state index contributed by atoms with van der Waals surface area (Å²) in [4.78, 5) is 16.8. The fraction of sp³-hybridized carbons (Fsp3) is 0.158. The monoisotopic (exact) mass is 386 g/mol. The van der Waals surface area contributed by atoms with Gasteiger partial charge < -0.3 is 14.8 Å². The summed E-state index contributed by atoms with van der Waals surface area (Å²) < 4.78 is 11.0. The number of thiazole rings is 1. The van der Waals surface area contributed by atoms with Crippen LogP contribution in [0.25, 0.3) is 10.6 Å². The molecule has 1 aromatic heterocycles. The molecule has 4 rings (SSSR count). The smallest absolute Gasteiger partial charge is 0.230 e. The van der Waals surface area contributed by atoms with E-state index in [0.717, 1.165) is 10.6 Å². The van der Waals surface area contributed by atoms with E-state index in [1.54, 1.807) is 18.2 Å². The lowest BCUT2D eigenvalue weighted by Crippen LogP contribution is -2.17. The van der Waals surface area contributed by atoms with Gasteiger partial charge in [-0.05, 0) is 18.2 Å². The number of rotatable bonds is 4. The topological polar surface area (TPSA) is 60.5 Å². The standard InChI is InChI=1S/C19H15ClN2O3S/c20-15-4-2-1-3-14(15)19-22-13(11-26-19)10-18(23)21-12-5-6-16-17(9-12)25-8-7-24-16/h1-6,9,11H,7-8,10H2,(H,21,23). The Kier molecular flexibility index (Phi) is 4.77. The number of amides is 1. The molecule has 1 amide bonds. The molecular formula is C19H15ClN2O3S. The SMILES string of the molecule is O=C(Cc1csc(-c2ccccc2Cl)n1)Nc1ccc2c(c1)OCCO2. The van der Waals surface area contributed by atoms with Crippen LogP contribution in [0.1, 0.15) is 5.69 Å². The quantitative estimate of drug-likeness (QED) is 0.721. The van der Waals surface area contributed by atoms with Crippen LogP contribution in [-0.4, -0.2) is 24.1 Å². The average Bonchev–Trinajstić information content (AvgIpc) is 3.10. The van der Waals surface area contributed by atoms with Gasteiger partial charge in [-0.15, -0.1) is 11.3 Å². The fourth-order valence-corrected chi connectivity index (χ4v) is 3.78. The lowest BCUT2D eigenvalue weighted by atomic mass is 10.2. The van der Waals surface area contributed by atoms with Crippen molar-refractivity contribution in [1.82, 2.24) is 4.98 Å².